The lowest BCUT2D eigenvalue weighted by atomic mass is 10.1. The predicted molar refractivity (Wildman–Crippen MR) is 99.3 cm³/mol. The van der Waals surface area contributed by atoms with E-state index in [0.29, 0.717) is 53.4 Å². The maximum Gasteiger partial charge on any atom is 0.230 e. The molecule has 2 unspecified atom stereocenters. The minimum Gasteiger partial charge on any atom is -0.497 e. The molecule has 9 heteroatoms. The van der Waals surface area contributed by atoms with Crippen LogP contribution in [0.4, 0.5) is 22.0 Å². The van der Waals surface area contributed by atoms with Crippen LogP contribution in [0, 0.1) is 5.82 Å². The van der Waals surface area contributed by atoms with E-state index < -0.39 is 5.82 Å². The Morgan fingerprint density at radius 1 is 1.29 bits per heavy atom. The molecule has 8 nitrogen and oxygen atoms in total. The summed E-state index contributed by atoms with van der Waals surface area (Å²) in [6.07, 6.45) is 3.00. The van der Waals surface area contributed by atoms with Gasteiger partial charge in [0.2, 0.25) is 11.8 Å². The molecule has 28 heavy (non-hydrogen) atoms. The van der Waals surface area contributed by atoms with E-state index in [9.17, 15) is 4.39 Å². The molecule has 1 aliphatic carbocycles. The zero-order valence-corrected chi connectivity index (χ0v) is 15.1. The molecule has 2 aromatic heterocycles. The zero-order valence-electron chi connectivity index (χ0n) is 15.1. The Hall–Kier alpha value is -3.20. The molecule has 1 saturated carbocycles. The molecule has 2 aliphatic rings. The molecule has 0 bridgehead atoms. The first-order valence-electron chi connectivity index (χ1n) is 9.00. The van der Waals surface area contributed by atoms with Crippen molar-refractivity contribution in [2.24, 2.45) is 0 Å². The Kier molecular flexibility index (Phi) is 4.09. The van der Waals surface area contributed by atoms with Crippen molar-refractivity contribution >= 4 is 17.7 Å². The van der Waals surface area contributed by atoms with Crippen LogP contribution in [0.5, 0.6) is 5.75 Å². The van der Waals surface area contributed by atoms with Crippen LogP contribution >= 0.6 is 0 Å². The van der Waals surface area contributed by atoms with E-state index in [0.717, 1.165) is 13.0 Å². The molecule has 144 valence electrons. The number of nitrogens with zero attached hydrogens (tertiary/aromatic N) is 4. The standard InChI is InChI=1S/C19H18FN5O3/c1-26-11-2-3-12(13(20)8-11)14-9-18(28-24-14)22-17-4-5-21-19(23-17)25-6-7-27-16-10-15(16)25/h2-5,8-9,15-16H,6-7,10H2,1H3,(H,21,22,23). The smallest absolute Gasteiger partial charge is 0.230 e. The number of anilines is 3. The number of benzene rings is 1. The molecule has 0 amide bonds. The highest BCUT2D eigenvalue weighted by Crippen LogP contribution is 2.36. The van der Waals surface area contributed by atoms with Crippen LogP contribution in [0.25, 0.3) is 11.3 Å². The van der Waals surface area contributed by atoms with Crippen LogP contribution in [0.3, 0.4) is 0 Å². The summed E-state index contributed by atoms with van der Waals surface area (Å²) >= 11 is 0. The molecule has 1 aliphatic heterocycles. The summed E-state index contributed by atoms with van der Waals surface area (Å²) in [7, 11) is 1.49. The van der Waals surface area contributed by atoms with Gasteiger partial charge in [-0.2, -0.15) is 4.98 Å². The summed E-state index contributed by atoms with van der Waals surface area (Å²) < 4.78 is 30.2. The van der Waals surface area contributed by atoms with E-state index in [1.165, 1.54) is 13.2 Å². The Labute approximate surface area is 160 Å². The van der Waals surface area contributed by atoms with Gasteiger partial charge in [0, 0.05) is 30.4 Å². The van der Waals surface area contributed by atoms with E-state index >= 15 is 0 Å². The van der Waals surface area contributed by atoms with Gasteiger partial charge in [-0.25, -0.2) is 9.37 Å². The number of rotatable bonds is 5. The molecule has 2 fully saturated rings. The fourth-order valence-electron chi connectivity index (χ4n) is 3.36. The van der Waals surface area contributed by atoms with Crippen molar-refractivity contribution in [2.75, 3.05) is 30.5 Å². The second-order valence-corrected chi connectivity index (χ2v) is 6.69. The van der Waals surface area contributed by atoms with Gasteiger partial charge in [0.05, 0.1) is 25.9 Å². The van der Waals surface area contributed by atoms with Gasteiger partial charge in [-0.3, -0.25) is 0 Å². The van der Waals surface area contributed by atoms with Gasteiger partial charge in [-0.1, -0.05) is 5.16 Å². The van der Waals surface area contributed by atoms with Crippen molar-refractivity contribution in [1.29, 1.82) is 0 Å². The highest BCUT2D eigenvalue weighted by atomic mass is 19.1. The first-order chi connectivity index (χ1) is 13.7. The number of aromatic nitrogens is 3. The third-order valence-electron chi connectivity index (χ3n) is 4.88. The second-order valence-electron chi connectivity index (χ2n) is 6.69. The molecule has 0 radical (unpaired) electrons. The van der Waals surface area contributed by atoms with Crippen LogP contribution in [-0.2, 0) is 4.74 Å². The molecule has 1 saturated heterocycles. The van der Waals surface area contributed by atoms with E-state index in [2.05, 4.69) is 25.3 Å². The van der Waals surface area contributed by atoms with E-state index in [-0.39, 0.29) is 0 Å². The lowest BCUT2D eigenvalue weighted by Crippen LogP contribution is -2.37. The summed E-state index contributed by atoms with van der Waals surface area (Å²) in [4.78, 5) is 11.1. The zero-order chi connectivity index (χ0) is 19.1. The Morgan fingerprint density at radius 2 is 2.21 bits per heavy atom. The number of methoxy groups -OCH3 is 1. The van der Waals surface area contributed by atoms with Crippen molar-refractivity contribution < 1.29 is 18.4 Å². The van der Waals surface area contributed by atoms with E-state index in [4.69, 9.17) is 14.0 Å². The maximum atomic E-state index is 14.2. The summed E-state index contributed by atoms with van der Waals surface area (Å²) in [5.41, 5.74) is 0.708. The molecule has 2 atom stereocenters. The molecule has 0 spiro atoms. The van der Waals surface area contributed by atoms with Crippen molar-refractivity contribution in [3.63, 3.8) is 0 Å². The largest absolute Gasteiger partial charge is 0.497 e. The van der Waals surface area contributed by atoms with Gasteiger partial charge in [-0.15, -0.1) is 0 Å². The van der Waals surface area contributed by atoms with Crippen molar-refractivity contribution in [3.05, 3.63) is 42.3 Å². The van der Waals surface area contributed by atoms with Gasteiger partial charge in [0.1, 0.15) is 23.1 Å². The van der Waals surface area contributed by atoms with Crippen molar-refractivity contribution in [3.8, 4) is 17.0 Å². The van der Waals surface area contributed by atoms with Crippen LogP contribution in [0.2, 0.25) is 0 Å². The molecular formula is C19H18FN5O3. The number of nitrogens with one attached hydrogen (secondary N) is 1. The monoisotopic (exact) mass is 383 g/mol. The summed E-state index contributed by atoms with van der Waals surface area (Å²) in [6, 6.07) is 8.30. The average Bonchev–Trinajstić information content (AvgIpc) is 3.38. The van der Waals surface area contributed by atoms with E-state index in [1.807, 2.05) is 0 Å². The van der Waals surface area contributed by atoms with Crippen molar-refractivity contribution in [2.45, 2.75) is 18.6 Å². The van der Waals surface area contributed by atoms with Gasteiger partial charge in [0.25, 0.3) is 0 Å². The number of halogens is 1. The predicted octanol–water partition coefficient (Wildman–Crippen LogP) is 3.00. The lowest BCUT2D eigenvalue weighted by Gasteiger charge is -2.26. The average molecular weight is 383 g/mol. The Bertz CT molecular complexity index is 1010. The summed E-state index contributed by atoms with van der Waals surface area (Å²) in [5, 5.41) is 7.00. The fraction of sp³-hybridized carbons (Fsp3) is 0.316. The van der Waals surface area contributed by atoms with Crippen molar-refractivity contribution in [1.82, 2.24) is 15.1 Å². The minimum absolute atomic E-state index is 0.296. The normalized spacial score (nSPS) is 20.6. The Balaban J connectivity index is 1.34. The first-order valence-corrected chi connectivity index (χ1v) is 9.00. The highest BCUT2D eigenvalue weighted by Gasteiger charge is 2.46. The van der Waals surface area contributed by atoms with Crippen LogP contribution < -0.4 is 15.0 Å². The minimum atomic E-state index is -0.435. The maximum absolute atomic E-state index is 14.2. The van der Waals surface area contributed by atoms with E-state index in [1.54, 1.807) is 30.5 Å². The van der Waals surface area contributed by atoms with Gasteiger partial charge >= 0.3 is 0 Å². The quantitative estimate of drug-likeness (QED) is 0.720. The second kappa shape index (κ2) is 6.75. The molecular weight excluding hydrogens is 365 g/mol. The molecule has 1 aromatic carbocycles. The number of morpholine rings is 1. The van der Waals surface area contributed by atoms with Crippen LogP contribution in [-0.4, -0.2) is 47.5 Å². The number of hydrogen-bond acceptors (Lipinski definition) is 8. The third kappa shape index (κ3) is 3.13. The summed E-state index contributed by atoms with van der Waals surface area (Å²) in [6.45, 7) is 1.45. The number of fused-ring (bicyclic) bond motifs is 1. The molecule has 3 aromatic rings. The fourth-order valence-corrected chi connectivity index (χ4v) is 3.36. The first kappa shape index (κ1) is 16.9. The van der Waals surface area contributed by atoms with Gasteiger partial charge in [-0.05, 0) is 24.6 Å². The van der Waals surface area contributed by atoms with Crippen LogP contribution in [0.15, 0.2) is 41.1 Å². The molecule has 5 rings (SSSR count). The molecule has 1 N–H and O–H groups in total. The third-order valence-corrected chi connectivity index (χ3v) is 4.88. The van der Waals surface area contributed by atoms with Gasteiger partial charge < -0.3 is 24.2 Å². The van der Waals surface area contributed by atoms with Gasteiger partial charge in [0.15, 0.2) is 0 Å². The number of hydrogen-bond donors (Lipinski definition) is 1. The topological polar surface area (TPSA) is 85.5 Å². The number of ether oxygens (including phenoxy) is 2. The summed E-state index contributed by atoms with van der Waals surface area (Å²) in [5.74, 6) is 1.60. The highest BCUT2D eigenvalue weighted by molar-refractivity contribution is 5.65. The molecule has 3 heterocycles. The lowest BCUT2D eigenvalue weighted by molar-refractivity contribution is 0.102. The SMILES string of the molecule is COc1ccc(-c2cc(Nc3ccnc(N4CCOC5CC54)n3)on2)c(F)c1. The van der Waals surface area contributed by atoms with Crippen LogP contribution in [0.1, 0.15) is 6.42 Å². The Morgan fingerprint density at radius 3 is 3.07 bits per heavy atom.